The number of aromatic amines is 1. The molecule has 3 N–H and O–H groups in total. The molecule has 1 aliphatic carbocycles. The van der Waals surface area contributed by atoms with Gasteiger partial charge >= 0.3 is 0 Å². The number of benzene rings is 2. The van der Waals surface area contributed by atoms with Crippen LogP contribution in [-0.4, -0.2) is 52.1 Å². The lowest BCUT2D eigenvalue weighted by Gasteiger charge is -2.21. The second kappa shape index (κ2) is 8.58. The van der Waals surface area contributed by atoms with Crippen molar-refractivity contribution in [3.05, 3.63) is 71.0 Å². The van der Waals surface area contributed by atoms with Crippen molar-refractivity contribution >= 4 is 39.9 Å². The van der Waals surface area contributed by atoms with Gasteiger partial charge in [-0.05, 0) is 80.8 Å². The van der Waals surface area contributed by atoms with Gasteiger partial charge in [0.15, 0.2) is 5.82 Å². The molecule has 194 valence electrons. The predicted octanol–water partition coefficient (Wildman–Crippen LogP) is 4.88. The lowest BCUT2D eigenvalue weighted by Crippen LogP contribution is -2.33. The number of nitrogens with zero attached hydrogens (tertiary/aromatic N) is 3. The minimum Gasteiger partial charge on any atom is -0.497 e. The molecule has 38 heavy (non-hydrogen) atoms. The molecule has 0 radical (unpaired) electrons. The van der Waals surface area contributed by atoms with Crippen LogP contribution in [0.25, 0.3) is 10.9 Å². The summed E-state index contributed by atoms with van der Waals surface area (Å²) in [6.07, 6.45) is 0.756. The number of hydrogen-bond donors (Lipinski definition) is 3. The largest absolute Gasteiger partial charge is 0.497 e. The minimum atomic E-state index is -0.551. The molecule has 1 aliphatic heterocycles. The number of methoxy groups -OCH3 is 1. The number of carbonyl (C=O) groups is 2. The molecule has 9 heteroatoms. The number of nitrogens with one attached hydrogen (secondary N) is 3. The molecule has 2 amide bonds. The van der Waals surface area contributed by atoms with Crippen LogP contribution in [0.15, 0.2) is 48.5 Å². The van der Waals surface area contributed by atoms with E-state index in [1.807, 2.05) is 51.1 Å². The summed E-state index contributed by atoms with van der Waals surface area (Å²) < 4.78 is 5.41. The van der Waals surface area contributed by atoms with E-state index in [4.69, 9.17) is 4.74 Å². The molecule has 4 aromatic rings. The minimum absolute atomic E-state index is 0.0438. The summed E-state index contributed by atoms with van der Waals surface area (Å²) in [5.41, 5.74) is 5.19. The Morgan fingerprint density at radius 1 is 1.18 bits per heavy atom. The average molecular weight is 511 g/mol. The number of H-pyrrole nitrogens is 1. The Morgan fingerprint density at radius 3 is 2.74 bits per heavy atom. The lowest BCUT2D eigenvalue weighted by atomic mass is 9.91. The van der Waals surface area contributed by atoms with E-state index in [-0.39, 0.29) is 23.8 Å². The Morgan fingerprint density at radius 2 is 2.00 bits per heavy atom. The lowest BCUT2D eigenvalue weighted by molar-refractivity contribution is -0.118. The third-order valence-corrected chi connectivity index (χ3v) is 7.96. The number of hydrogen-bond acceptors (Lipinski definition) is 6. The van der Waals surface area contributed by atoms with E-state index in [1.54, 1.807) is 25.1 Å². The number of aromatic nitrogens is 3. The third-order valence-electron chi connectivity index (χ3n) is 7.96. The number of rotatable bonds is 6. The van der Waals surface area contributed by atoms with Gasteiger partial charge in [-0.1, -0.05) is 6.07 Å². The van der Waals surface area contributed by atoms with Crippen molar-refractivity contribution in [1.29, 1.82) is 0 Å². The smallest absolute Gasteiger partial charge is 0.272 e. The van der Waals surface area contributed by atoms with E-state index in [0.717, 1.165) is 45.6 Å². The van der Waals surface area contributed by atoms with Crippen molar-refractivity contribution < 1.29 is 14.3 Å². The maximum atomic E-state index is 13.0. The highest BCUT2D eigenvalue weighted by Gasteiger charge is 2.65. The van der Waals surface area contributed by atoms with Gasteiger partial charge in [0, 0.05) is 30.1 Å². The molecule has 3 heterocycles. The molecular formula is C29H30N6O3. The molecule has 2 aliphatic rings. The van der Waals surface area contributed by atoms with E-state index in [9.17, 15) is 9.59 Å². The van der Waals surface area contributed by atoms with Crippen LogP contribution >= 0.6 is 0 Å². The topological polar surface area (TPSA) is 112 Å². The molecule has 6 rings (SSSR count). The van der Waals surface area contributed by atoms with E-state index >= 15 is 0 Å². The van der Waals surface area contributed by atoms with Crippen LogP contribution in [-0.2, 0) is 10.2 Å². The zero-order valence-corrected chi connectivity index (χ0v) is 22.0. The summed E-state index contributed by atoms with van der Waals surface area (Å²) >= 11 is 0. The van der Waals surface area contributed by atoms with Gasteiger partial charge in [-0.3, -0.25) is 14.7 Å². The summed E-state index contributed by atoms with van der Waals surface area (Å²) in [7, 11) is 3.41. The maximum Gasteiger partial charge on any atom is 0.272 e. The summed E-state index contributed by atoms with van der Waals surface area (Å²) in [5.74, 6) is 1.44. The fourth-order valence-corrected chi connectivity index (χ4v) is 5.40. The first-order valence-electron chi connectivity index (χ1n) is 12.7. The average Bonchev–Trinajstić information content (AvgIpc) is 3.46. The fraction of sp³-hybridized carbons (Fsp3) is 0.310. The number of pyridine rings is 1. The van der Waals surface area contributed by atoms with Crippen molar-refractivity contribution in [3.63, 3.8) is 0 Å². The van der Waals surface area contributed by atoms with E-state index < -0.39 is 5.41 Å². The van der Waals surface area contributed by atoms with Gasteiger partial charge in [0.05, 0.1) is 29.4 Å². The first kappa shape index (κ1) is 24.0. The predicted molar refractivity (Wildman–Crippen MR) is 146 cm³/mol. The van der Waals surface area contributed by atoms with Crippen molar-refractivity contribution in [2.75, 3.05) is 24.8 Å². The van der Waals surface area contributed by atoms with Gasteiger partial charge in [-0.15, -0.1) is 0 Å². The summed E-state index contributed by atoms with van der Waals surface area (Å²) in [6.45, 7) is 5.81. The van der Waals surface area contributed by atoms with Gasteiger partial charge in [0.2, 0.25) is 5.91 Å². The van der Waals surface area contributed by atoms with Crippen LogP contribution in [0.4, 0.5) is 17.2 Å². The highest BCUT2D eigenvalue weighted by atomic mass is 16.5. The Bertz CT molecular complexity index is 1610. The van der Waals surface area contributed by atoms with Gasteiger partial charge in [0.25, 0.3) is 5.91 Å². The van der Waals surface area contributed by atoms with Crippen LogP contribution in [0.1, 0.15) is 53.5 Å². The molecule has 0 saturated heterocycles. The van der Waals surface area contributed by atoms with Crippen LogP contribution < -0.4 is 15.4 Å². The molecule has 1 spiro atoms. The molecule has 0 bridgehead atoms. The van der Waals surface area contributed by atoms with Crippen LogP contribution in [0.2, 0.25) is 0 Å². The van der Waals surface area contributed by atoms with Gasteiger partial charge in [-0.25, -0.2) is 4.98 Å². The van der Waals surface area contributed by atoms with Gasteiger partial charge in [0.1, 0.15) is 11.4 Å². The fourth-order valence-electron chi connectivity index (χ4n) is 5.40. The van der Waals surface area contributed by atoms with Gasteiger partial charge < -0.3 is 20.3 Å². The third kappa shape index (κ3) is 3.60. The van der Waals surface area contributed by atoms with Gasteiger partial charge in [-0.2, -0.15) is 5.10 Å². The molecule has 1 fully saturated rings. The SMILES string of the molecule is COc1ccc2c(c1)[C@]1(C[C@H]1c1ccc3c(Nc4ccc(C(=O)N(C)C(C)C)nc4C)n[nH]c3c1)C(=O)N2. The number of anilines is 3. The van der Waals surface area contributed by atoms with E-state index in [2.05, 4.69) is 37.9 Å². The molecule has 1 saturated carbocycles. The molecule has 2 aromatic carbocycles. The number of carbonyl (C=O) groups excluding carboxylic acids is 2. The number of aryl methyl sites for hydroxylation is 1. The van der Waals surface area contributed by atoms with Crippen molar-refractivity contribution in [2.45, 2.75) is 44.6 Å². The summed E-state index contributed by atoms with van der Waals surface area (Å²) in [6, 6.07) is 15.6. The van der Waals surface area contributed by atoms with Crippen molar-refractivity contribution in [2.24, 2.45) is 0 Å². The molecular weight excluding hydrogens is 480 g/mol. The normalized spacial score (nSPS) is 19.5. The molecule has 0 unspecified atom stereocenters. The first-order valence-corrected chi connectivity index (χ1v) is 12.7. The standard InChI is InChI=1S/C29H30N6O3/c1-15(2)35(4)27(36)24-11-10-22(16(3)30-24)31-26-19-8-6-17(12-25(19)33-34-26)21-14-29(21)20-13-18(38-5)7-9-23(20)32-28(29)37/h6-13,15,21H,14H2,1-5H3,(H,32,37)(H2,31,33,34)/t21-,29-/m0/s1. The highest BCUT2D eigenvalue weighted by molar-refractivity contribution is 6.10. The van der Waals surface area contributed by atoms with Crippen LogP contribution in [0, 0.1) is 6.92 Å². The summed E-state index contributed by atoms with van der Waals surface area (Å²) in [4.78, 5) is 31.9. The van der Waals surface area contributed by atoms with Crippen molar-refractivity contribution in [3.8, 4) is 5.75 Å². The molecule has 2 atom stereocenters. The Hall–Kier alpha value is -4.40. The zero-order valence-electron chi connectivity index (χ0n) is 22.0. The van der Waals surface area contributed by atoms with Crippen LogP contribution in [0.3, 0.4) is 0 Å². The first-order chi connectivity index (χ1) is 18.2. The number of amides is 2. The molecule has 2 aromatic heterocycles. The van der Waals surface area contributed by atoms with E-state index in [1.165, 1.54) is 0 Å². The van der Waals surface area contributed by atoms with Crippen LogP contribution in [0.5, 0.6) is 5.75 Å². The zero-order chi connectivity index (χ0) is 26.8. The Balaban J connectivity index is 1.25. The maximum absolute atomic E-state index is 13.0. The monoisotopic (exact) mass is 510 g/mol. The second-order valence-electron chi connectivity index (χ2n) is 10.4. The van der Waals surface area contributed by atoms with Crippen molar-refractivity contribution in [1.82, 2.24) is 20.1 Å². The Labute approximate surface area is 220 Å². The van der Waals surface area contributed by atoms with E-state index in [0.29, 0.717) is 17.2 Å². The highest BCUT2D eigenvalue weighted by Crippen LogP contribution is 2.65. The quantitative estimate of drug-likeness (QED) is 0.341. The second-order valence-corrected chi connectivity index (χ2v) is 10.4. The number of ether oxygens (including phenoxy) is 1. The summed E-state index contributed by atoms with van der Waals surface area (Å²) in [5, 5.41) is 14.9. The number of fused-ring (bicyclic) bond motifs is 3. The Kier molecular flexibility index (Phi) is 5.41. The molecule has 9 nitrogen and oxygen atoms in total.